The second kappa shape index (κ2) is 28.5. The van der Waals surface area contributed by atoms with Gasteiger partial charge in [-0.2, -0.15) is 35.1 Å². The van der Waals surface area contributed by atoms with Crippen LogP contribution in [0.5, 0.6) is 23.0 Å². The lowest BCUT2D eigenvalue weighted by Crippen LogP contribution is -2.13. The van der Waals surface area contributed by atoms with Crippen LogP contribution >= 0.6 is 127 Å². The predicted octanol–water partition coefficient (Wildman–Crippen LogP) is 24.0. The van der Waals surface area contributed by atoms with Crippen LogP contribution in [0.4, 0.5) is 35.1 Å². The average Bonchev–Trinajstić information content (AvgIpc) is 1.61. The Balaban J connectivity index is 0.000000162. The number of hydrogen-bond acceptors (Lipinski definition) is 12. The molecular formula is C68H40Br8F8O12. The molecule has 0 aliphatic heterocycles. The van der Waals surface area contributed by atoms with Crippen molar-refractivity contribution in [2.75, 3.05) is 0 Å². The summed E-state index contributed by atoms with van der Waals surface area (Å²) in [4.78, 5) is 52.0. The lowest BCUT2D eigenvalue weighted by Gasteiger charge is -2.10. The number of phenols is 4. The van der Waals surface area contributed by atoms with Crippen LogP contribution in [-0.2, 0) is 23.7 Å². The number of alkyl halides is 8. The van der Waals surface area contributed by atoms with Gasteiger partial charge in [-0.1, -0.05) is 72.6 Å². The van der Waals surface area contributed by atoms with E-state index in [4.69, 9.17) is 30.0 Å². The number of ketones is 4. The van der Waals surface area contributed by atoms with Crippen LogP contribution in [0.2, 0.25) is 0 Å². The Morgan fingerprint density at radius 1 is 0.333 bits per heavy atom. The van der Waals surface area contributed by atoms with Crippen molar-refractivity contribution in [3.05, 3.63) is 249 Å². The molecule has 0 aliphatic carbocycles. The molecular weight excluding hydrogens is 1800 g/mol. The van der Waals surface area contributed by atoms with Gasteiger partial charge in [0, 0.05) is 71.5 Å². The van der Waals surface area contributed by atoms with Gasteiger partial charge >= 0.3 is 23.7 Å². The molecule has 0 amide bonds. The number of furan rings is 4. The Labute approximate surface area is 617 Å². The van der Waals surface area contributed by atoms with Crippen LogP contribution in [-0.4, -0.2) is 43.6 Å². The lowest BCUT2D eigenvalue weighted by atomic mass is 9.98. The minimum absolute atomic E-state index is 0.0177. The van der Waals surface area contributed by atoms with Crippen molar-refractivity contribution in [3.63, 3.8) is 0 Å². The molecule has 0 unspecified atom stereocenters. The molecule has 12 rings (SSSR count). The Kier molecular flexibility index (Phi) is 18.2. The summed E-state index contributed by atoms with van der Waals surface area (Å²) in [5.74, 6) is -21.2. The van der Waals surface area contributed by atoms with E-state index in [-0.39, 0.29) is 155 Å². The Hall–Kier alpha value is -6.92. The van der Waals surface area contributed by atoms with Crippen molar-refractivity contribution >= 4 is 194 Å². The topological polar surface area (TPSA) is 202 Å². The van der Waals surface area contributed by atoms with E-state index in [2.05, 4.69) is 127 Å². The molecule has 0 spiro atoms. The maximum atomic E-state index is 14.2. The summed E-state index contributed by atoms with van der Waals surface area (Å²) < 4.78 is 205. The highest BCUT2D eigenvalue weighted by atomic mass is 79.9. The summed E-state index contributed by atoms with van der Waals surface area (Å²) in [6.45, 7) is 2.34. The molecule has 96 heavy (non-hydrogen) atoms. The summed E-state index contributed by atoms with van der Waals surface area (Å²) in [6, 6.07) is 15.7. The van der Waals surface area contributed by atoms with E-state index in [0.29, 0.717) is 27.7 Å². The largest absolute Gasteiger partial charge is 0.506 e. The third-order valence-electron chi connectivity index (χ3n) is 13.4. The van der Waals surface area contributed by atoms with Crippen LogP contribution in [0.3, 0.4) is 0 Å². The molecule has 4 heterocycles. The molecule has 0 atom stereocenters. The first kappa shape index (κ1) is 61.4. The van der Waals surface area contributed by atoms with E-state index in [0.717, 1.165) is 18.2 Å². The molecule has 12 aromatic rings. The maximum absolute atomic E-state index is 14.2. The average molecular weight is 1850 g/mol. The van der Waals surface area contributed by atoms with Crippen LogP contribution < -0.4 is 0 Å². The normalized spacial score (nSPS) is 13.2. The highest BCUT2D eigenvalue weighted by Crippen LogP contribution is 2.45. The maximum Gasteiger partial charge on any atom is 0.302 e. The number of halogens is 16. The van der Waals surface area contributed by atoms with E-state index < -0.39 is 116 Å². The van der Waals surface area contributed by atoms with Crippen molar-refractivity contribution in [3.8, 4) is 23.0 Å². The summed E-state index contributed by atoms with van der Waals surface area (Å²) in [7, 11) is 0. The highest BCUT2D eigenvalue weighted by molar-refractivity contribution is 9.12. The number of hydrogen-bond donors (Lipinski definition) is 4. The van der Waals surface area contributed by atoms with Crippen molar-refractivity contribution in [1.29, 1.82) is 0 Å². The van der Waals surface area contributed by atoms with Gasteiger partial charge in [0.25, 0.3) is 0 Å². The number of benzene rings is 8. The number of carbonyl (C=O) groups is 4. The minimum Gasteiger partial charge on any atom is -0.506 e. The molecule has 28 heteroatoms. The molecule has 4 aromatic heterocycles. The third-order valence-corrected chi connectivity index (χ3v) is 18.2. The zero-order valence-corrected chi connectivity index (χ0v) is 61.0. The number of phenolic OH excluding ortho intramolecular Hbond substituents is 4. The second-order valence-corrected chi connectivity index (χ2v) is 27.4. The van der Waals surface area contributed by atoms with Gasteiger partial charge in [0.1, 0.15) is 45.3 Å². The quantitative estimate of drug-likeness (QED) is 0.0667. The molecule has 496 valence electrons. The molecule has 0 bridgehead atoms. The minimum atomic E-state index is -3.63. The fourth-order valence-corrected chi connectivity index (χ4v) is 13.9. The number of aromatic hydroxyl groups is 4. The number of carbonyl (C=O) groups excluding carboxylic acids is 4. The lowest BCUT2D eigenvalue weighted by molar-refractivity contribution is -0.00508. The van der Waals surface area contributed by atoms with Crippen LogP contribution in [0.25, 0.3) is 43.9 Å². The molecule has 0 saturated carbocycles. The molecule has 0 saturated heterocycles. The molecule has 4 N–H and O–H groups in total. The first-order chi connectivity index (χ1) is 48.5. The van der Waals surface area contributed by atoms with Gasteiger partial charge in [0.05, 0.1) is 70.4 Å². The van der Waals surface area contributed by atoms with Crippen molar-refractivity contribution in [2.45, 2.75) is 51.4 Å². The molecule has 12 nitrogen and oxygen atoms in total. The molecule has 8 aromatic carbocycles. The predicted molar refractivity (Wildman–Crippen MR) is 371 cm³/mol. The highest BCUT2D eigenvalue weighted by Gasteiger charge is 2.41. The molecule has 0 radical (unpaired) electrons. The van der Waals surface area contributed by atoms with Gasteiger partial charge < -0.3 is 38.1 Å². The Morgan fingerprint density at radius 3 is 0.927 bits per heavy atom. The number of fused-ring (bicyclic) bond motifs is 4. The van der Waals surface area contributed by atoms with Gasteiger partial charge in [0.2, 0.25) is 0 Å². The van der Waals surface area contributed by atoms with E-state index in [9.17, 15) is 74.7 Å². The second-order valence-electron chi connectivity index (χ2n) is 20.6. The van der Waals surface area contributed by atoms with Crippen LogP contribution in [0, 0.1) is 0 Å². The van der Waals surface area contributed by atoms with E-state index >= 15 is 0 Å². The van der Waals surface area contributed by atoms with Gasteiger partial charge in [-0.05, 0) is 200 Å². The van der Waals surface area contributed by atoms with Crippen LogP contribution in [0.15, 0.2) is 199 Å². The van der Waals surface area contributed by atoms with Gasteiger partial charge in [-0.3, -0.25) is 19.2 Å². The van der Waals surface area contributed by atoms with E-state index in [1.165, 1.54) is 72.8 Å². The zero-order chi connectivity index (χ0) is 78.4. The summed E-state index contributed by atoms with van der Waals surface area (Å²) in [5.41, 5.74) is -2.32. The third kappa shape index (κ3) is 15.3. The fourth-order valence-electron chi connectivity index (χ4n) is 9.15. The summed E-state index contributed by atoms with van der Waals surface area (Å²) in [5, 5.41) is 38.8. The summed E-state index contributed by atoms with van der Waals surface area (Å²) in [6.07, 6.45) is 0. The molecule has 0 aliphatic rings. The van der Waals surface area contributed by atoms with Gasteiger partial charge in [-0.25, -0.2) is 0 Å². The Bertz CT molecular complexity index is 5560. The SMILES string of the molecule is [2H]c1c([2H])c([2H])c2c(C(=O)c3cc(Br)c(O)c(Br)c3)c(C(C)(F)F)oc2c1[2H].[2H]c1cc([2H])c2c(C(=O)c3cc(Br)c(O)c(Br)c3)c(C(C)(F)F)oc2c1.[2H]c1cc2oc(C(C)(F)F)c(C(=O)c3cc(Br)c(O)c(Br)c3)c2cc1[2H].[2H]c1ccc2oc(C(C)(F)F)c(C(=O)c3cc(Br)c(O)c(Br)c3)c2c1. The van der Waals surface area contributed by atoms with Gasteiger partial charge in [0.15, 0.2) is 46.2 Å². The smallest absolute Gasteiger partial charge is 0.302 e. The first-order valence-corrected chi connectivity index (χ1v) is 32.9. The van der Waals surface area contributed by atoms with Gasteiger partial charge in [-0.15, -0.1) is 0 Å². The zero-order valence-electron chi connectivity index (χ0n) is 57.3. The monoisotopic (exact) mass is 1840 g/mol. The van der Waals surface area contributed by atoms with Crippen molar-refractivity contribution in [1.82, 2.24) is 0 Å². The molecule has 0 fully saturated rings. The first-order valence-electron chi connectivity index (χ1n) is 31.0. The van der Waals surface area contributed by atoms with Crippen LogP contribution in [0.1, 0.15) is 127 Å². The standard InChI is InChI=1S/4C17H10Br2F2O3/c4*1-17(20,21)16-13(9-4-2-3-5-12(9)24-16)14(22)8-6-10(18)15(23)11(19)7-8/h4*2-7,23H,1H3/i2D,3D,4D,5D;3D,4D;2D,3D;2D. The van der Waals surface area contributed by atoms with E-state index in [1.807, 2.05) is 0 Å². The number of para-hydroxylation sites is 4. The fraction of sp³-hybridized carbons (Fsp3) is 0.118. The Morgan fingerprint density at radius 2 is 0.583 bits per heavy atom. The van der Waals surface area contributed by atoms with E-state index in [1.54, 1.807) is 0 Å². The number of rotatable bonds is 12. The van der Waals surface area contributed by atoms with Crippen molar-refractivity contribution in [2.24, 2.45) is 0 Å². The summed E-state index contributed by atoms with van der Waals surface area (Å²) >= 11 is 24.7. The van der Waals surface area contributed by atoms with Crippen molar-refractivity contribution < 1.29 is 105 Å².